The molecule has 0 atom stereocenters. The molecule has 2 aliphatic heterocycles. The van der Waals surface area contributed by atoms with Crippen LogP contribution in [0.2, 0.25) is 0 Å². The SMILES string of the molecule is CC(C)(C)c1ccc(S(=O)(=O)N2CCN(c3ccc([N+](=O)[O-])c(N4CCCCC4)c3)CC2)cc1. The molecular formula is C25H34N4O4S. The first kappa shape index (κ1) is 24.5. The number of nitro benzene ring substituents is 1. The molecule has 0 aromatic heterocycles. The van der Waals surface area contributed by atoms with Gasteiger partial charge in [-0.05, 0) is 54.5 Å². The van der Waals surface area contributed by atoms with E-state index in [1.165, 1.54) is 4.31 Å². The van der Waals surface area contributed by atoms with Crippen molar-refractivity contribution >= 4 is 27.1 Å². The van der Waals surface area contributed by atoms with Crippen LogP contribution in [0.3, 0.4) is 0 Å². The van der Waals surface area contributed by atoms with Gasteiger partial charge in [-0.2, -0.15) is 4.31 Å². The maximum Gasteiger partial charge on any atom is 0.292 e. The Morgan fingerprint density at radius 3 is 2.00 bits per heavy atom. The number of nitro groups is 1. The van der Waals surface area contributed by atoms with Gasteiger partial charge in [-0.15, -0.1) is 0 Å². The van der Waals surface area contributed by atoms with Gasteiger partial charge in [0.1, 0.15) is 5.69 Å². The summed E-state index contributed by atoms with van der Waals surface area (Å²) in [6.45, 7) is 9.78. The molecule has 2 fully saturated rings. The minimum Gasteiger partial charge on any atom is -0.369 e. The number of hydrogen-bond donors (Lipinski definition) is 0. The summed E-state index contributed by atoms with van der Waals surface area (Å²) in [6.07, 6.45) is 3.22. The molecule has 34 heavy (non-hydrogen) atoms. The van der Waals surface area contributed by atoms with Gasteiger partial charge in [-0.25, -0.2) is 8.42 Å². The highest BCUT2D eigenvalue weighted by Crippen LogP contribution is 2.35. The summed E-state index contributed by atoms with van der Waals surface area (Å²) in [6, 6.07) is 12.4. The number of benzene rings is 2. The average molecular weight is 487 g/mol. The molecule has 0 N–H and O–H groups in total. The van der Waals surface area contributed by atoms with Crippen molar-refractivity contribution in [2.24, 2.45) is 0 Å². The highest BCUT2D eigenvalue weighted by Gasteiger charge is 2.30. The standard InChI is InChI=1S/C25H34N4O4S/c1-25(2,3)20-7-10-22(11-8-20)34(32,33)28-17-15-26(16-18-28)21-9-12-23(29(30)31)24(19-21)27-13-5-4-6-14-27/h7-12,19H,4-6,13-18H2,1-3H3. The first-order valence-corrected chi connectivity index (χ1v) is 13.4. The number of sulfonamides is 1. The molecule has 0 aliphatic carbocycles. The number of nitrogens with zero attached hydrogens (tertiary/aromatic N) is 4. The number of piperazine rings is 1. The molecule has 9 heteroatoms. The number of rotatable bonds is 5. The second-order valence-corrected chi connectivity index (χ2v) is 12.1. The molecule has 4 rings (SSSR count). The normalized spacial score (nSPS) is 18.2. The summed E-state index contributed by atoms with van der Waals surface area (Å²) < 4.78 is 27.9. The predicted molar refractivity (Wildman–Crippen MR) is 135 cm³/mol. The fourth-order valence-electron chi connectivity index (χ4n) is 4.71. The Balaban J connectivity index is 1.48. The second kappa shape index (κ2) is 9.54. The molecule has 0 bridgehead atoms. The molecule has 8 nitrogen and oxygen atoms in total. The van der Waals surface area contributed by atoms with E-state index in [4.69, 9.17) is 0 Å². The predicted octanol–water partition coefficient (Wildman–Crippen LogP) is 4.39. The van der Waals surface area contributed by atoms with Crippen LogP contribution in [0.1, 0.15) is 45.6 Å². The van der Waals surface area contributed by atoms with Crippen molar-refractivity contribution < 1.29 is 13.3 Å². The van der Waals surface area contributed by atoms with E-state index in [-0.39, 0.29) is 16.0 Å². The zero-order valence-corrected chi connectivity index (χ0v) is 21.1. The van der Waals surface area contributed by atoms with Gasteiger partial charge in [-0.3, -0.25) is 10.1 Å². The molecule has 0 spiro atoms. The maximum absolute atomic E-state index is 13.2. The summed E-state index contributed by atoms with van der Waals surface area (Å²) in [5, 5.41) is 11.6. The Morgan fingerprint density at radius 2 is 1.44 bits per heavy atom. The summed E-state index contributed by atoms with van der Waals surface area (Å²) in [7, 11) is -3.56. The summed E-state index contributed by atoms with van der Waals surface area (Å²) in [5.41, 5.74) is 2.75. The Morgan fingerprint density at radius 1 is 0.824 bits per heavy atom. The summed E-state index contributed by atoms with van der Waals surface area (Å²) >= 11 is 0. The van der Waals surface area contributed by atoms with E-state index >= 15 is 0 Å². The van der Waals surface area contributed by atoms with Crippen LogP contribution < -0.4 is 9.80 Å². The Kier molecular flexibility index (Phi) is 6.87. The van der Waals surface area contributed by atoms with Crippen LogP contribution in [0, 0.1) is 10.1 Å². The molecule has 2 saturated heterocycles. The zero-order valence-electron chi connectivity index (χ0n) is 20.2. The lowest BCUT2D eigenvalue weighted by molar-refractivity contribution is -0.384. The van der Waals surface area contributed by atoms with Gasteiger partial charge in [0, 0.05) is 51.0 Å². The van der Waals surface area contributed by atoms with Gasteiger partial charge in [-0.1, -0.05) is 32.9 Å². The van der Waals surface area contributed by atoms with Crippen LogP contribution in [0.5, 0.6) is 0 Å². The van der Waals surface area contributed by atoms with Crippen molar-refractivity contribution in [3.05, 3.63) is 58.1 Å². The number of anilines is 2. The van der Waals surface area contributed by atoms with E-state index in [0.29, 0.717) is 36.8 Å². The minimum absolute atomic E-state index is 0.0360. The molecule has 0 unspecified atom stereocenters. The van der Waals surface area contributed by atoms with E-state index in [0.717, 1.165) is 43.6 Å². The number of piperidine rings is 1. The van der Waals surface area contributed by atoms with Crippen molar-refractivity contribution in [3.8, 4) is 0 Å². The smallest absolute Gasteiger partial charge is 0.292 e. The Hall–Kier alpha value is -2.65. The third-order valence-corrected chi connectivity index (χ3v) is 8.73. The molecular weight excluding hydrogens is 452 g/mol. The fraction of sp³-hybridized carbons (Fsp3) is 0.520. The van der Waals surface area contributed by atoms with Crippen LogP contribution in [-0.2, 0) is 15.4 Å². The summed E-state index contributed by atoms with van der Waals surface area (Å²) in [5.74, 6) is 0. The van der Waals surface area contributed by atoms with Crippen LogP contribution in [0.25, 0.3) is 0 Å². The molecule has 2 heterocycles. The fourth-order valence-corrected chi connectivity index (χ4v) is 6.14. The topological polar surface area (TPSA) is 87.0 Å². The largest absolute Gasteiger partial charge is 0.369 e. The van der Waals surface area contributed by atoms with Crippen molar-refractivity contribution in [1.29, 1.82) is 0 Å². The van der Waals surface area contributed by atoms with Crippen molar-refractivity contribution in [1.82, 2.24) is 4.31 Å². The van der Waals surface area contributed by atoms with E-state index in [1.54, 1.807) is 24.3 Å². The van der Waals surface area contributed by atoms with Gasteiger partial charge in [0.15, 0.2) is 0 Å². The third-order valence-electron chi connectivity index (χ3n) is 6.81. The Labute approximate surface area is 202 Å². The Bertz CT molecular complexity index is 1130. The van der Waals surface area contributed by atoms with E-state index in [2.05, 4.69) is 30.6 Å². The first-order chi connectivity index (χ1) is 16.1. The molecule has 0 radical (unpaired) electrons. The quantitative estimate of drug-likeness (QED) is 0.460. The number of hydrogen-bond acceptors (Lipinski definition) is 6. The highest BCUT2D eigenvalue weighted by atomic mass is 32.2. The van der Waals surface area contributed by atoms with Crippen LogP contribution in [0.15, 0.2) is 47.4 Å². The van der Waals surface area contributed by atoms with Crippen LogP contribution in [-0.4, -0.2) is 56.9 Å². The van der Waals surface area contributed by atoms with Gasteiger partial charge in [0.2, 0.25) is 10.0 Å². The van der Waals surface area contributed by atoms with Crippen LogP contribution >= 0.6 is 0 Å². The zero-order chi connectivity index (χ0) is 24.5. The van der Waals surface area contributed by atoms with Crippen LogP contribution in [0.4, 0.5) is 17.1 Å². The van der Waals surface area contributed by atoms with Gasteiger partial charge < -0.3 is 9.80 Å². The van der Waals surface area contributed by atoms with E-state index < -0.39 is 10.0 Å². The molecule has 0 amide bonds. The molecule has 184 valence electrons. The molecule has 2 aromatic carbocycles. The van der Waals surface area contributed by atoms with Crippen molar-refractivity contribution in [2.75, 3.05) is 49.1 Å². The van der Waals surface area contributed by atoms with Gasteiger partial charge in [0.25, 0.3) is 5.69 Å². The third kappa shape index (κ3) is 5.05. The summed E-state index contributed by atoms with van der Waals surface area (Å²) in [4.78, 5) is 15.8. The monoisotopic (exact) mass is 486 g/mol. The lowest BCUT2D eigenvalue weighted by Gasteiger charge is -2.36. The maximum atomic E-state index is 13.2. The van der Waals surface area contributed by atoms with Crippen molar-refractivity contribution in [3.63, 3.8) is 0 Å². The van der Waals surface area contributed by atoms with Crippen molar-refractivity contribution in [2.45, 2.75) is 50.3 Å². The average Bonchev–Trinajstić information content (AvgIpc) is 2.84. The van der Waals surface area contributed by atoms with Gasteiger partial charge in [0.05, 0.1) is 9.82 Å². The minimum atomic E-state index is -3.56. The molecule has 2 aliphatic rings. The first-order valence-electron chi connectivity index (χ1n) is 12.0. The molecule has 2 aromatic rings. The van der Waals surface area contributed by atoms with Gasteiger partial charge >= 0.3 is 0 Å². The van der Waals surface area contributed by atoms with E-state index in [9.17, 15) is 18.5 Å². The van der Waals surface area contributed by atoms with E-state index in [1.807, 2.05) is 18.2 Å². The molecule has 0 saturated carbocycles. The highest BCUT2D eigenvalue weighted by molar-refractivity contribution is 7.89. The second-order valence-electron chi connectivity index (χ2n) is 10.1. The lowest BCUT2D eigenvalue weighted by Crippen LogP contribution is -2.48. The lowest BCUT2D eigenvalue weighted by atomic mass is 9.87.